The maximum Gasteiger partial charge on any atom is 0.0305 e. The highest BCUT2D eigenvalue weighted by atomic mass is 14.9. The molecule has 0 aromatic carbocycles. The van der Waals surface area contributed by atoms with E-state index in [4.69, 9.17) is 0 Å². The highest BCUT2D eigenvalue weighted by molar-refractivity contribution is 5.15. The van der Waals surface area contributed by atoms with Gasteiger partial charge in [0.1, 0.15) is 0 Å². The summed E-state index contributed by atoms with van der Waals surface area (Å²) in [4.78, 5) is 0. The number of nitrogens with one attached hydrogen (secondary N) is 1. The normalized spacial score (nSPS) is 31.2. The van der Waals surface area contributed by atoms with Crippen LogP contribution in [0, 0.1) is 17.8 Å². The van der Waals surface area contributed by atoms with Crippen LogP contribution in [0.25, 0.3) is 0 Å². The zero-order valence-corrected chi connectivity index (χ0v) is 12.5. The number of hydrogen-bond donors (Lipinski definition) is 1. The predicted molar refractivity (Wildman–Crippen MR) is 79.7 cm³/mol. The molecule has 18 heavy (non-hydrogen) atoms. The number of allylic oxidation sites excluding steroid dienone is 1. The van der Waals surface area contributed by atoms with Gasteiger partial charge in [0.25, 0.3) is 0 Å². The van der Waals surface area contributed by atoms with Crippen LogP contribution in [0.5, 0.6) is 0 Å². The lowest BCUT2D eigenvalue weighted by molar-refractivity contribution is 0.200. The van der Waals surface area contributed by atoms with E-state index in [0.29, 0.717) is 6.04 Å². The summed E-state index contributed by atoms with van der Waals surface area (Å²) in [7, 11) is 2.16. The van der Waals surface area contributed by atoms with E-state index in [9.17, 15) is 0 Å². The maximum atomic E-state index is 3.62. The van der Waals surface area contributed by atoms with Gasteiger partial charge in [0.2, 0.25) is 0 Å². The van der Waals surface area contributed by atoms with Crippen LogP contribution in [0.1, 0.15) is 65.2 Å². The maximum absolute atomic E-state index is 3.62. The molecule has 0 aromatic heterocycles. The van der Waals surface area contributed by atoms with Crippen LogP contribution >= 0.6 is 0 Å². The first-order valence-electron chi connectivity index (χ1n) is 8.08. The molecule has 0 heterocycles. The van der Waals surface area contributed by atoms with Crippen molar-refractivity contribution in [3.05, 3.63) is 11.6 Å². The topological polar surface area (TPSA) is 12.0 Å². The van der Waals surface area contributed by atoms with E-state index in [-0.39, 0.29) is 0 Å². The van der Waals surface area contributed by atoms with Crippen LogP contribution in [-0.2, 0) is 0 Å². The van der Waals surface area contributed by atoms with Gasteiger partial charge in [-0.2, -0.15) is 0 Å². The zero-order valence-electron chi connectivity index (χ0n) is 12.5. The molecule has 0 amide bonds. The first-order valence-corrected chi connectivity index (χ1v) is 8.08. The van der Waals surface area contributed by atoms with E-state index in [2.05, 4.69) is 32.3 Å². The fourth-order valence-electron chi connectivity index (χ4n) is 4.01. The summed E-state index contributed by atoms with van der Waals surface area (Å²) in [6, 6.07) is 0.679. The van der Waals surface area contributed by atoms with Crippen LogP contribution in [0.3, 0.4) is 0 Å². The Kier molecular flexibility index (Phi) is 5.29. The Morgan fingerprint density at radius 3 is 2.22 bits per heavy atom. The van der Waals surface area contributed by atoms with Crippen molar-refractivity contribution in [3.63, 3.8) is 0 Å². The third-order valence-corrected chi connectivity index (χ3v) is 5.27. The van der Waals surface area contributed by atoms with Gasteiger partial charge in [-0.3, -0.25) is 0 Å². The van der Waals surface area contributed by atoms with E-state index in [1.165, 1.54) is 51.4 Å². The minimum absolute atomic E-state index is 0.679. The van der Waals surface area contributed by atoms with Crippen LogP contribution in [0.2, 0.25) is 0 Å². The second kappa shape index (κ2) is 6.75. The molecular formula is C17H31N. The first-order chi connectivity index (χ1) is 8.72. The standard InChI is InChI=1S/C17H31N/c1-13(2)14-9-11-16(12-10-14)17(18-3)15-7-5-4-6-8-15/h7,13-14,16-18H,4-6,8-12H2,1-3H3. The predicted octanol–water partition coefficient (Wildman–Crippen LogP) is 4.54. The molecule has 1 N–H and O–H groups in total. The molecule has 0 saturated heterocycles. The van der Waals surface area contributed by atoms with E-state index < -0.39 is 0 Å². The van der Waals surface area contributed by atoms with E-state index in [1.54, 1.807) is 5.57 Å². The Morgan fingerprint density at radius 1 is 1.06 bits per heavy atom. The molecule has 1 saturated carbocycles. The van der Waals surface area contributed by atoms with Crippen molar-refractivity contribution in [1.29, 1.82) is 0 Å². The Labute approximate surface area is 113 Å². The Hall–Kier alpha value is -0.300. The summed E-state index contributed by atoms with van der Waals surface area (Å²) < 4.78 is 0. The Balaban J connectivity index is 1.91. The van der Waals surface area contributed by atoms with E-state index in [0.717, 1.165) is 17.8 Å². The van der Waals surface area contributed by atoms with Crippen molar-refractivity contribution < 1.29 is 0 Å². The molecule has 0 spiro atoms. The zero-order chi connectivity index (χ0) is 13.0. The van der Waals surface area contributed by atoms with Crippen LogP contribution < -0.4 is 5.32 Å². The third-order valence-electron chi connectivity index (χ3n) is 5.27. The molecule has 2 aliphatic carbocycles. The van der Waals surface area contributed by atoms with Crippen LogP contribution in [0.4, 0.5) is 0 Å². The largest absolute Gasteiger partial charge is 0.313 e. The van der Waals surface area contributed by atoms with Crippen molar-refractivity contribution in [1.82, 2.24) is 5.32 Å². The molecule has 2 rings (SSSR count). The summed E-state index contributed by atoms with van der Waals surface area (Å²) >= 11 is 0. The molecule has 1 heteroatoms. The molecule has 1 nitrogen and oxygen atoms in total. The fourth-order valence-corrected chi connectivity index (χ4v) is 4.01. The van der Waals surface area contributed by atoms with Crippen molar-refractivity contribution >= 4 is 0 Å². The molecule has 1 unspecified atom stereocenters. The molecule has 2 aliphatic rings. The smallest absolute Gasteiger partial charge is 0.0305 e. The van der Waals surface area contributed by atoms with Crippen molar-refractivity contribution in [2.75, 3.05) is 7.05 Å². The number of hydrogen-bond acceptors (Lipinski definition) is 1. The van der Waals surface area contributed by atoms with Crippen molar-refractivity contribution in [2.45, 2.75) is 71.3 Å². The van der Waals surface area contributed by atoms with Crippen molar-refractivity contribution in [3.8, 4) is 0 Å². The number of likely N-dealkylation sites (N-methyl/N-ethyl adjacent to an activating group) is 1. The SMILES string of the molecule is CNC(C1=CCCCC1)C1CCC(C(C)C)CC1. The monoisotopic (exact) mass is 249 g/mol. The lowest BCUT2D eigenvalue weighted by Crippen LogP contribution is -2.38. The second-order valence-corrected chi connectivity index (χ2v) is 6.71. The van der Waals surface area contributed by atoms with Crippen LogP contribution in [-0.4, -0.2) is 13.1 Å². The van der Waals surface area contributed by atoms with Gasteiger partial charge in [0.05, 0.1) is 0 Å². The minimum Gasteiger partial charge on any atom is -0.313 e. The molecule has 0 bridgehead atoms. The second-order valence-electron chi connectivity index (χ2n) is 6.71. The fraction of sp³-hybridized carbons (Fsp3) is 0.882. The Bertz CT molecular complexity index is 271. The minimum atomic E-state index is 0.679. The van der Waals surface area contributed by atoms with Gasteiger partial charge in [0.15, 0.2) is 0 Å². The highest BCUT2D eigenvalue weighted by Gasteiger charge is 2.29. The van der Waals surface area contributed by atoms with Gasteiger partial charge < -0.3 is 5.32 Å². The number of rotatable bonds is 4. The summed E-state index contributed by atoms with van der Waals surface area (Å²) in [6.45, 7) is 4.79. The van der Waals surface area contributed by atoms with Gasteiger partial charge in [-0.15, -0.1) is 0 Å². The summed E-state index contributed by atoms with van der Waals surface area (Å²) in [5, 5.41) is 3.62. The molecule has 1 atom stereocenters. The molecule has 0 aliphatic heterocycles. The highest BCUT2D eigenvalue weighted by Crippen LogP contribution is 2.37. The van der Waals surface area contributed by atoms with Gasteiger partial charge in [-0.1, -0.05) is 25.5 Å². The van der Waals surface area contributed by atoms with Crippen LogP contribution in [0.15, 0.2) is 11.6 Å². The van der Waals surface area contributed by atoms with E-state index >= 15 is 0 Å². The van der Waals surface area contributed by atoms with Gasteiger partial charge >= 0.3 is 0 Å². The lowest BCUT2D eigenvalue weighted by Gasteiger charge is -2.37. The quantitative estimate of drug-likeness (QED) is 0.721. The molecule has 0 aromatic rings. The average Bonchev–Trinajstić information content (AvgIpc) is 2.41. The first kappa shape index (κ1) is 14.1. The lowest BCUT2D eigenvalue weighted by atomic mass is 9.72. The summed E-state index contributed by atoms with van der Waals surface area (Å²) in [5.41, 5.74) is 1.72. The summed E-state index contributed by atoms with van der Waals surface area (Å²) in [5.74, 6) is 2.77. The molecule has 104 valence electrons. The van der Waals surface area contributed by atoms with E-state index in [1.807, 2.05) is 0 Å². The molecule has 1 fully saturated rings. The average molecular weight is 249 g/mol. The Morgan fingerprint density at radius 2 is 1.72 bits per heavy atom. The molecule has 0 radical (unpaired) electrons. The van der Waals surface area contributed by atoms with Crippen molar-refractivity contribution in [2.24, 2.45) is 17.8 Å². The third kappa shape index (κ3) is 3.38. The summed E-state index contributed by atoms with van der Waals surface area (Å²) in [6.07, 6.45) is 13.8. The van der Waals surface area contributed by atoms with Gasteiger partial charge in [-0.05, 0) is 76.2 Å². The van der Waals surface area contributed by atoms with Gasteiger partial charge in [-0.25, -0.2) is 0 Å². The van der Waals surface area contributed by atoms with Gasteiger partial charge in [0, 0.05) is 6.04 Å². The molecular weight excluding hydrogens is 218 g/mol.